The van der Waals surface area contributed by atoms with Crippen molar-refractivity contribution in [3.05, 3.63) is 0 Å². The third-order valence-corrected chi connectivity index (χ3v) is 6.58. The standard InChI is InChI=1S/C18H26O2/c1-18-9-8-14-13-5-3-12(19)10-11(13)2-4-15(14)16(18)6-7-17(18)20/h11,13-16H,2-10H2,1H3/t11-,13+,14-,15-,16+,18+/m1/s1/i3D2,7D2,10D2. The zero-order chi connectivity index (χ0) is 19.3. The van der Waals surface area contributed by atoms with Gasteiger partial charge >= 0.3 is 0 Å². The van der Waals surface area contributed by atoms with Crippen LogP contribution in [-0.4, -0.2) is 11.6 Å². The molecule has 0 aromatic heterocycles. The molecule has 4 fully saturated rings. The minimum absolute atomic E-state index is 0.0564. The van der Waals surface area contributed by atoms with Gasteiger partial charge in [0.2, 0.25) is 0 Å². The average Bonchev–Trinajstić information content (AvgIpc) is 2.72. The fraction of sp³-hybridized carbons (Fsp3) is 0.889. The second kappa shape index (κ2) is 4.42. The van der Waals surface area contributed by atoms with E-state index in [4.69, 9.17) is 8.22 Å². The van der Waals surface area contributed by atoms with Crippen molar-refractivity contribution in [2.75, 3.05) is 0 Å². The molecule has 0 aromatic rings. The van der Waals surface area contributed by atoms with Gasteiger partial charge in [0.25, 0.3) is 0 Å². The maximum atomic E-state index is 12.6. The van der Waals surface area contributed by atoms with Crippen LogP contribution in [0.2, 0.25) is 0 Å². The molecule has 4 rings (SSSR count). The fourth-order valence-corrected chi connectivity index (χ4v) is 5.43. The van der Waals surface area contributed by atoms with Crippen LogP contribution in [0.1, 0.15) is 72.8 Å². The van der Waals surface area contributed by atoms with Crippen molar-refractivity contribution >= 4 is 11.6 Å². The molecule has 0 spiro atoms. The van der Waals surface area contributed by atoms with E-state index in [2.05, 4.69) is 0 Å². The van der Waals surface area contributed by atoms with Crippen molar-refractivity contribution in [3.8, 4) is 0 Å². The summed E-state index contributed by atoms with van der Waals surface area (Å²) < 4.78 is 48.9. The largest absolute Gasteiger partial charge is 0.300 e. The Morgan fingerprint density at radius 3 is 2.70 bits per heavy atom. The van der Waals surface area contributed by atoms with Gasteiger partial charge in [0.05, 0.1) is 0 Å². The van der Waals surface area contributed by atoms with Gasteiger partial charge in [0, 0.05) is 32.8 Å². The van der Waals surface area contributed by atoms with Gasteiger partial charge in [-0.15, -0.1) is 0 Å². The summed E-state index contributed by atoms with van der Waals surface area (Å²) in [6.07, 6.45) is -3.30. The van der Waals surface area contributed by atoms with Crippen LogP contribution < -0.4 is 0 Å². The number of carbonyl (C=O) groups is 2. The molecule has 20 heavy (non-hydrogen) atoms. The zero-order valence-corrected chi connectivity index (χ0v) is 11.9. The molecular formula is C18H26O2. The summed E-state index contributed by atoms with van der Waals surface area (Å²) in [6.45, 7) is 1.88. The molecule has 0 N–H and O–H groups in total. The zero-order valence-electron chi connectivity index (χ0n) is 17.9. The molecule has 0 bridgehead atoms. The van der Waals surface area contributed by atoms with Gasteiger partial charge in [0.1, 0.15) is 11.6 Å². The van der Waals surface area contributed by atoms with E-state index in [1.807, 2.05) is 6.92 Å². The van der Waals surface area contributed by atoms with Gasteiger partial charge in [-0.2, -0.15) is 0 Å². The Morgan fingerprint density at radius 1 is 1.00 bits per heavy atom. The van der Waals surface area contributed by atoms with Crippen molar-refractivity contribution < 1.29 is 17.8 Å². The third-order valence-electron chi connectivity index (χ3n) is 6.58. The minimum atomic E-state index is -2.15. The maximum absolute atomic E-state index is 12.6. The topological polar surface area (TPSA) is 34.1 Å². The Balaban J connectivity index is 1.69. The first kappa shape index (κ1) is 8.10. The Bertz CT molecular complexity index is 675. The molecule has 110 valence electrons. The Hall–Kier alpha value is -0.660. The summed E-state index contributed by atoms with van der Waals surface area (Å²) in [4.78, 5) is 25.0. The summed E-state index contributed by atoms with van der Waals surface area (Å²) in [5.41, 5.74) is -0.653. The average molecular weight is 280 g/mol. The Kier molecular flexibility index (Phi) is 1.79. The molecule has 4 aliphatic rings. The lowest BCUT2D eigenvalue weighted by molar-refractivity contribution is -0.134. The number of hydrogen-bond donors (Lipinski definition) is 0. The number of Topliss-reactive ketones (excluding diaryl/α,β-unsaturated/α-hetero) is 2. The number of hydrogen-bond acceptors (Lipinski definition) is 2. The van der Waals surface area contributed by atoms with E-state index in [1.165, 1.54) is 0 Å². The molecule has 0 heterocycles. The van der Waals surface area contributed by atoms with Crippen molar-refractivity contribution in [1.29, 1.82) is 0 Å². The van der Waals surface area contributed by atoms with Crippen LogP contribution in [0.4, 0.5) is 0 Å². The first-order valence-electron chi connectivity index (χ1n) is 10.9. The number of ketones is 2. The SMILES string of the molecule is [2H]C1([2H])C[C@@H]2[C@H]3CC[C@]4(C)C(=O)C([2H])([2H])C[C@H]4[C@@H]3CC[C@@H]2C([2H])([2H])C1=O. The molecule has 2 heteroatoms. The van der Waals surface area contributed by atoms with E-state index in [1.54, 1.807) is 0 Å². The van der Waals surface area contributed by atoms with E-state index in [-0.39, 0.29) is 42.3 Å². The molecule has 0 unspecified atom stereocenters. The van der Waals surface area contributed by atoms with Crippen molar-refractivity contribution in [3.63, 3.8) is 0 Å². The van der Waals surface area contributed by atoms with Gasteiger partial charge in [0.15, 0.2) is 0 Å². The molecule has 4 saturated carbocycles. The second-order valence-corrected chi connectivity index (χ2v) is 7.30. The van der Waals surface area contributed by atoms with Crippen molar-refractivity contribution in [2.24, 2.45) is 35.0 Å². The monoisotopic (exact) mass is 280 g/mol. The summed E-state index contributed by atoms with van der Waals surface area (Å²) in [6, 6.07) is 0. The van der Waals surface area contributed by atoms with E-state index in [0.717, 1.165) is 0 Å². The molecule has 0 saturated heterocycles. The van der Waals surface area contributed by atoms with Crippen LogP contribution in [0.15, 0.2) is 0 Å². The highest BCUT2D eigenvalue weighted by atomic mass is 16.1. The molecule has 2 nitrogen and oxygen atoms in total. The molecule has 6 atom stereocenters. The molecular weight excluding hydrogens is 248 g/mol. The summed E-state index contributed by atoms with van der Waals surface area (Å²) in [5, 5.41) is 0. The molecule has 0 radical (unpaired) electrons. The lowest BCUT2D eigenvalue weighted by Crippen LogP contribution is -2.48. The van der Waals surface area contributed by atoms with Crippen LogP contribution in [0.25, 0.3) is 0 Å². The predicted octanol–water partition coefficient (Wildman–Crippen LogP) is 3.78. The number of carbonyl (C=O) groups excluding carboxylic acids is 2. The highest BCUT2D eigenvalue weighted by Crippen LogP contribution is 2.61. The predicted molar refractivity (Wildman–Crippen MR) is 77.1 cm³/mol. The molecule has 0 amide bonds. The van der Waals surface area contributed by atoms with E-state index in [0.29, 0.717) is 25.7 Å². The quantitative estimate of drug-likeness (QED) is 0.677. The van der Waals surface area contributed by atoms with Gasteiger partial charge in [-0.1, -0.05) is 6.92 Å². The number of fused-ring (bicyclic) bond motifs is 5. The molecule has 4 aliphatic carbocycles. The summed E-state index contributed by atoms with van der Waals surface area (Å²) >= 11 is 0. The normalized spacial score (nSPS) is 63.4. The van der Waals surface area contributed by atoms with Gasteiger partial charge in [-0.05, 0) is 68.1 Å². The van der Waals surface area contributed by atoms with Crippen LogP contribution in [0.5, 0.6) is 0 Å². The van der Waals surface area contributed by atoms with Gasteiger partial charge in [-0.25, -0.2) is 0 Å². The van der Waals surface area contributed by atoms with Crippen LogP contribution >= 0.6 is 0 Å². The van der Waals surface area contributed by atoms with Crippen molar-refractivity contribution in [1.82, 2.24) is 0 Å². The van der Waals surface area contributed by atoms with Crippen LogP contribution in [0, 0.1) is 35.0 Å². The maximum Gasteiger partial charge on any atom is 0.139 e. The van der Waals surface area contributed by atoms with Crippen LogP contribution in [0.3, 0.4) is 0 Å². The summed E-state index contributed by atoms with van der Waals surface area (Å²) in [7, 11) is 0. The van der Waals surface area contributed by atoms with E-state index >= 15 is 0 Å². The van der Waals surface area contributed by atoms with Gasteiger partial charge in [-0.3, -0.25) is 9.59 Å². The molecule has 0 aliphatic heterocycles. The van der Waals surface area contributed by atoms with Crippen LogP contribution in [-0.2, 0) is 9.59 Å². The lowest BCUT2D eigenvalue weighted by atomic mass is 9.50. The highest BCUT2D eigenvalue weighted by molar-refractivity contribution is 5.87. The molecule has 0 aromatic carbocycles. The Labute approximate surface area is 130 Å². The Morgan fingerprint density at radius 2 is 1.85 bits per heavy atom. The first-order valence-corrected chi connectivity index (χ1v) is 7.92. The lowest BCUT2D eigenvalue weighted by Gasteiger charge is -2.53. The first-order chi connectivity index (χ1) is 11.8. The van der Waals surface area contributed by atoms with E-state index in [9.17, 15) is 9.59 Å². The van der Waals surface area contributed by atoms with E-state index < -0.39 is 36.2 Å². The second-order valence-electron chi connectivity index (χ2n) is 7.30. The fourth-order valence-electron chi connectivity index (χ4n) is 5.43. The summed E-state index contributed by atoms with van der Waals surface area (Å²) in [5.74, 6) is -1.74. The minimum Gasteiger partial charge on any atom is -0.300 e. The highest BCUT2D eigenvalue weighted by Gasteiger charge is 2.56. The smallest absolute Gasteiger partial charge is 0.139 e. The number of rotatable bonds is 0. The van der Waals surface area contributed by atoms with Crippen molar-refractivity contribution in [2.45, 2.75) is 64.6 Å². The third kappa shape index (κ3) is 1.69. The van der Waals surface area contributed by atoms with Gasteiger partial charge < -0.3 is 0 Å².